The Hall–Kier alpha value is -5.48. The van der Waals surface area contributed by atoms with Gasteiger partial charge in [-0.1, -0.05) is 148 Å². The molecule has 4 heteroatoms. The summed E-state index contributed by atoms with van der Waals surface area (Å²) in [5.74, 6) is 2.78. The zero-order valence-electron chi connectivity index (χ0n) is 38.0. The van der Waals surface area contributed by atoms with Crippen LogP contribution in [0.4, 0.5) is 34.1 Å². The van der Waals surface area contributed by atoms with Crippen LogP contribution in [0.3, 0.4) is 0 Å². The Balaban J connectivity index is 1.34. The van der Waals surface area contributed by atoms with Crippen LogP contribution in [0.1, 0.15) is 140 Å². The second kappa shape index (κ2) is 16.1. The summed E-state index contributed by atoms with van der Waals surface area (Å²) in [6.45, 7) is 21.0. The van der Waals surface area contributed by atoms with E-state index < -0.39 is 0 Å². The smallest absolute Gasteiger partial charge is 0.252 e. The molecular weight excluding hydrogens is 739 g/mol. The molecule has 0 N–H and O–H groups in total. The summed E-state index contributed by atoms with van der Waals surface area (Å²) < 4.78 is 6.88. The van der Waals surface area contributed by atoms with Gasteiger partial charge in [0.1, 0.15) is 11.5 Å². The van der Waals surface area contributed by atoms with Crippen molar-refractivity contribution in [2.75, 3.05) is 9.80 Å². The Morgan fingerprint density at radius 3 is 1.69 bits per heavy atom. The van der Waals surface area contributed by atoms with Gasteiger partial charge in [0.25, 0.3) is 6.71 Å². The molecule has 2 heterocycles. The largest absolute Gasteiger partial charge is 0.457 e. The highest BCUT2D eigenvalue weighted by Crippen LogP contribution is 2.49. The highest BCUT2D eigenvalue weighted by Gasteiger charge is 2.45. The standard InChI is InChI=1S/C57H63BN2O/c1-10-17-38(12-3)40-21-26-44(27-22-40)59-51-30-25-43(56(5,6)7)34-50(51)58-49-33-42-31-32-57(8,9)48(42)37-52(49)60(45-28-23-41(24-29-45)39(13-4)18-11-2)54-36-47(35-53(59)55(54)58)61-46-19-15-14-16-20-46/h14-16,19-39H,10-13,17-18H2,1-9H3. The molecule has 61 heavy (non-hydrogen) atoms. The van der Waals surface area contributed by atoms with Gasteiger partial charge >= 0.3 is 0 Å². The number of para-hydroxylation sites is 1. The minimum absolute atomic E-state index is 0.0135. The van der Waals surface area contributed by atoms with Gasteiger partial charge < -0.3 is 14.5 Å². The minimum Gasteiger partial charge on any atom is -0.457 e. The quantitative estimate of drug-likeness (QED) is 0.114. The topological polar surface area (TPSA) is 15.7 Å². The molecule has 1 aliphatic carbocycles. The Kier molecular flexibility index (Phi) is 10.8. The number of fused-ring (bicyclic) bond motifs is 5. The number of benzene rings is 6. The molecule has 0 aromatic heterocycles. The van der Waals surface area contributed by atoms with Gasteiger partial charge in [-0.2, -0.15) is 0 Å². The van der Waals surface area contributed by atoms with Crippen LogP contribution in [0.5, 0.6) is 11.5 Å². The predicted octanol–water partition coefficient (Wildman–Crippen LogP) is 14.8. The number of nitrogens with zero attached hydrogens (tertiary/aromatic N) is 2. The Bertz CT molecular complexity index is 2580. The van der Waals surface area contributed by atoms with Crippen LogP contribution in [-0.2, 0) is 10.8 Å². The fourth-order valence-corrected chi connectivity index (χ4v) is 10.5. The van der Waals surface area contributed by atoms with E-state index in [2.05, 4.69) is 200 Å². The van der Waals surface area contributed by atoms with E-state index in [0.29, 0.717) is 11.8 Å². The van der Waals surface area contributed by atoms with Crippen LogP contribution in [0.25, 0.3) is 6.08 Å². The first-order chi connectivity index (χ1) is 29.4. The highest BCUT2D eigenvalue weighted by molar-refractivity contribution is 7.00. The van der Waals surface area contributed by atoms with Crippen LogP contribution >= 0.6 is 0 Å². The lowest BCUT2D eigenvalue weighted by Gasteiger charge is -2.45. The molecule has 6 aromatic carbocycles. The summed E-state index contributed by atoms with van der Waals surface area (Å²) in [6, 6.07) is 46.2. The Morgan fingerprint density at radius 2 is 1.15 bits per heavy atom. The van der Waals surface area contributed by atoms with Gasteiger partial charge in [-0.25, -0.2) is 0 Å². The molecule has 0 bridgehead atoms. The molecule has 0 saturated carbocycles. The lowest BCUT2D eigenvalue weighted by molar-refractivity contribution is 0.483. The summed E-state index contributed by atoms with van der Waals surface area (Å²) in [5.41, 5.74) is 18.0. The van der Waals surface area contributed by atoms with E-state index >= 15 is 0 Å². The molecule has 6 aromatic rings. The average molecular weight is 803 g/mol. The Morgan fingerprint density at radius 1 is 0.590 bits per heavy atom. The van der Waals surface area contributed by atoms with E-state index in [1.165, 1.54) is 98.3 Å². The van der Waals surface area contributed by atoms with Crippen LogP contribution in [0.2, 0.25) is 0 Å². The molecule has 0 fully saturated rings. The minimum atomic E-state index is -0.0706. The normalized spacial score (nSPS) is 15.5. The van der Waals surface area contributed by atoms with E-state index in [1.807, 2.05) is 6.07 Å². The zero-order chi connectivity index (χ0) is 42.6. The third kappa shape index (κ3) is 7.30. The molecule has 310 valence electrons. The fourth-order valence-electron chi connectivity index (χ4n) is 10.5. The molecular formula is C57H63BN2O. The molecule has 0 radical (unpaired) electrons. The van der Waals surface area contributed by atoms with E-state index in [4.69, 9.17) is 4.74 Å². The van der Waals surface area contributed by atoms with Crippen molar-refractivity contribution >= 4 is 63.3 Å². The molecule has 3 nitrogen and oxygen atoms in total. The molecule has 2 unspecified atom stereocenters. The molecule has 3 aliphatic rings. The number of allylic oxidation sites excluding steroid dienone is 1. The van der Waals surface area contributed by atoms with Crippen LogP contribution < -0.4 is 30.9 Å². The second-order valence-electron chi connectivity index (χ2n) is 19.4. The van der Waals surface area contributed by atoms with Gasteiger partial charge in [0.15, 0.2) is 0 Å². The summed E-state index contributed by atoms with van der Waals surface area (Å²) >= 11 is 0. The van der Waals surface area contributed by atoms with Crippen molar-refractivity contribution in [1.82, 2.24) is 0 Å². The van der Waals surface area contributed by atoms with E-state index in [0.717, 1.165) is 30.0 Å². The first kappa shape index (κ1) is 40.9. The maximum Gasteiger partial charge on any atom is 0.252 e. The molecule has 0 amide bonds. The van der Waals surface area contributed by atoms with Gasteiger partial charge in [0.2, 0.25) is 0 Å². The van der Waals surface area contributed by atoms with Crippen LogP contribution in [0.15, 0.2) is 127 Å². The molecule has 2 aliphatic heterocycles. The summed E-state index contributed by atoms with van der Waals surface area (Å²) in [4.78, 5) is 5.08. The van der Waals surface area contributed by atoms with Crippen molar-refractivity contribution in [3.05, 3.63) is 155 Å². The highest BCUT2D eigenvalue weighted by atomic mass is 16.5. The van der Waals surface area contributed by atoms with Crippen molar-refractivity contribution in [1.29, 1.82) is 0 Å². The number of rotatable bonds is 12. The average Bonchev–Trinajstić information content (AvgIpc) is 3.56. The van der Waals surface area contributed by atoms with E-state index in [-0.39, 0.29) is 17.5 Å². The van der Waals surface area contributed by atoms with Crippen molar-refractivity contribution in [2.45, 2.75) is 124 Å². The van der Waals surface area contributed by atoms with Gasteiger partial charge in [0, 0.05) is 51.7 Å². The monoisotopic (exact) mass is 803 g/mol. The zero-order valence-corrected chi connectivity index (χ0v) is 38.0. The molecule has 2 atom stereocenters. The first-order valence-electron chi connectivity index (χ1n) is 23.2. The third-order valence-electron chi connectivity index (χ3n) is 13.9. The predicted molar refractivity (Wildman–Crippen MR) is 264 cm³/mol. The fraction of sp³-hybridized carbons (Fsp3) is 0.333. The van der Waals surface area contributed by atoms with Gasteiger partial charge in [-0.15, -0.1) is 0 Å². The van der Waals surface area contributed by atoms with Crippen molar-refractivity contribution in [3.63, 3.8) is 0 Å². The van der Waals surface area contributed by atoms with Gasteiger partial charge in [0.05, 0.1) is 0 Å². The third-order valence-corrected chi connectivity index (χ3v) is 13.9. The van der Waals surface area contributed by atoms with Crippen molar-refractivity contribution in [3.8, 4) is 11.5 Å². The van der Waals surface area contributed by atoms with Crippen molar-refractivity contribution in [2.24, 2.45) is 0 Å². The molecule has 0 spiro atoms. The van der Waals surface area contributed by atoms with Gasteiger partial charge in [-0.3, -0.25) is 0 Å². The van der Waals surface area contributed by atoms with Crippen LogP contribution in [-0.4, -0.2) is 6.71 Å². The second-order valence-corrected chi connectivity index (χ2v) is 19.4. The number of ether oxygens (including phenoxy) is 1. The number of hydrogen-bond acceptors (Lipinski definition) is 3. The Labute approximate surface area is 366 Å². The maximum absolute atomic E-state index is 6.88. The summed E-state index contributed by atoms with van der Waals surface area (Å²) in [6.07, 6.45) is 11.8. The first-order valence-corrected chi connectivity index (χ1v) is 23.2. The van der Waals surface area contributed by atoms with E-state index in [9.17, 15) is 0 Å². The number of anilines is 6. The molecule has 9 rings (SSSR count). The van der Waals surface area contributed by atoms with E-state index in [1.54, 1.807) is 0 Å². The lowest BCUT2D eigenvalue weighted by Crippen LogP contribution is -2.61. The van der Waals surface area contributed by atoms with Crippen molar-refractivity contribution < 1.29 is 4.74 Å². The molecule has 0 saturated heterocycles. The van der Waals surface area contributed by atoms with Gasteiger partial charge in [-0.05, 0) is 136 Å². The SMILES string of the molecule is CCCC(CC)c1ccc(N2c3ccc(C(C)(C)C)cc3B3c4cc5c(cc4N(c4ccc(C(CC)CCC)cc4)c4cc(Oc6ccccc6)cc2c43)C(C)(C)C=C5)cc1. The van der Waals surface area contributed by atoms with Crippen LogP contribution in [0, 0.1) is 0 Å². The lowest BCUT2D eigenvalue weighted by atomic mass is 9.33. The summed E-state index contributed by atoms with van der Waals surface area (Å²) in [7, 11) is 0. The summed E-state index contributed by atoms with van der Waals surface area (Å²) in [5, 5.41) is 0. The maximum atomic E-state index is 6.88. The number of hydrogen-bond donors (Lipinski definition) is 0.